The minimum Gasteiger partial charge on any atom is -0.379 e. The van der Waals surface area contributed by atoms with Gasteiger partial charge >= 0.3 is 0 Å². The number of nitrogens with one attached hydrogen (secondary N) is 1. The normalized spacial score (nSPS) is 19.9. The summed E-state index contributed by atoms with van der Waals surface area (Å²) in [6.07, 6.45) is 1.75. The number of rotatable bonds is 5. The number of nitrogens with zero attached hydrogens (tertiary/aromatic N) is 2. The highest BCUT2D eigenvalue weighted by Crippen LogP contribution is 2.37. The maximum absolute atomic E-state index is 12.8. The Kier molecular flexibility index (Phi) is 5.05. The van der Waals surface area contributed by atoms with Gasteiger partial charge in [-0.2, -0.15) is 4.31 Å². The lowest BCUT2D eigenvalue weighted by Gasteiger charge is -2.26. The lowest BCUT2D eigenvalue weighted by atomic mass is 10.1. The molecule has 1 heterocycles. The molecule has 1 atom stereocenters. The second-order valence-corrected chi connectivity index (χ2v) is 8.82. The maximum atomic E-state index is 12.8. The average molecular weight is 403 g/mol. The van der Waals surface area contributed by atoms with E-state index in [4.69, 9.17) is 4.74 Å². The summed E-state index contributed by atoms with van der Waals surface area (Å²) in [5.41, 5.74) is 2.45. The van der Waals surface area contributed by atoms with Crippen LogP contribution in [0, 0.1) is 10.1 Å². The Morgan fingerprint density at radius 1 is 1.14 bits per heavy atom. The van der Waals surface area contributed by atoms with E-state index in [-0.39, 0.29) is 29.7 Å². The largest absolute Gasteiger partial charge is 0.379 e. The van der Waals surface area contributed by atoms with Crippen molar-refractivity contribution in [3.63, 3.8) is 0 Å². The van der Waals surface area contributed by atoms with Crippen molar-refractivity contribution in [1.29, 1.82) is 0 Å². The van der Waals surface area contributed by atoms with E-state index in [1.807, 2.05) is 18.2 Å². The molecule has 1 unspecified atom stereocenters. The summed E-state index contributed by atoms with van der Waals surface area (Å²) in [7, 11) is -3.79. The first-order valence-electron chi connectivity index (χ1n) is 9.17. The molecule has 8 nitrogen and oxygen atoms in total. The average Bonchev–Trinajstić information content (AvgIpc) is 3.11. The van der Waals surface area contributed by atoms with Crippen LogP contribution in [0.2, 0.25) is 0 Å². The van der Waals surface area contributed by atoms with Gasteiger partial charge in [0.15, 0.2) is 0 Å². The highest BCUT2D eigenvalue weighted by molar-refractivity contribution is 7.89. The molecule has 1 fully saturated rings. The minimum atomic E-state index is -3.79. The fourth-order valence-corrected chi connectivity index (χ4v) is 5.20. The summed E-state index contributed by atoms with van der Waals surface area (Å²) in [6, 6.07) is 12.0. The standard InChI is InChI=1S/C19H21N3O5S/c23-22(24)19-13-15(28(25,26)21-9-11-27-12-10-21)6-8-18(19)20-17-7-5-14-3-1-2-4-16(14)17/h1-4,6,8,13,17,20H,5,7,9-12H2. The predicted octanol–water partition coefficient (Wildman–Crippen LogP) is 2.72. The molecule has 2 aromatic rings. The molecule has 1 saturated heterocycles. The molecular weight excluding hydrogens is 382 g/mol. The van der Waals surface area contributed by atoms with Crippen LogP contribution in [0.3, 0.4) is 0 Å². The van der Waals surface area contributed by atoms with E-state index < -0.39 is 14.9 Å². The van der Waals surface area contributed by atoms with Gasteiger partial charge in [-0.15, -0.1) is 0 Å². The van der Waals surface area contributed by atoms with Gasteiger partial charge in [-0.3, -0.25) is 10.1 Å². The van der Waals surface area contributed by atoms with Crippen LogP contribution in [0.1, 0.15) is 23.6 Å². The van der Waals surface area contributed by atoms with Gasteiger partial charge in [-0.25, -0.2) is 8.42 Å². The first kappa shape index (κ1) is 18.9. The Morgan fingerprint density at radius 3 is 2.64 bits per heavy atom. The molecule has 0 spiro atoms. The quantitative estimate of drug-likeness (QED) is 0.608. The van der Waals surface area contributed by atoms with Crippen molar-refractivity contribution < 1.29 is 18.1 Å². The number of anilines is 1. The third kappa shape index (κ3) is 3.48. The van der Waals surface area contributed by atoms with Crippen molar-refractivity contribution in [2.45, 2.75) is 23.8 Å². The highest BCUT2D eigenvalue weighted by atomic mass is 32.2. The zero-order valence-corrected chi connectivity index (χ0v) is 16.0. The van der Waals surface area contributed by atoms with Gasteiger partial charge in [0, 0.05) is 19.2 Å². The fourth-order valence-electron chi connectivity index (χ4n) is 3.78. The molecule has 1 aliphatic heterocycles. The van der Waals surface area contributed by atoms with Crippen molar-refractivity contribution in [2.75, 3.05) is 31.6 Å². The summed E-state index contributed by atoms with van der Waals surface area (Å²) < 4.78 is 32.1. The Labute approximate surface area is 163 Å². The number of hydrogen-bond donors (Lipinski definition) is 1. The number of sulfonamides is 1. The van der Waals surface area contributed by atoms with Crippen molar-refractivity contribution >= 4 is 21.4 Å². The van der Waals surface area contributed by atoms with Crippen molar-refractivity contribution in [3.8, 4) is 0 Å². The number of morpholine rings is 1. The van der Waals surface area contributed by atoms with Gasteiger partial charge in [0.05, 0.1) is 29.1 Å². The van der Waals surface area contributed by atoms with Crippen LogP contribution in [0.5, 0.6) is 0 Å². The van der Waals surface area contributed by atoms with E-state index in [0.29, 0.717) is 18.9 Å². The second-order valence-electron chi connectivity index (χ2n) is 6.89. The van der Waals surface area contributed by atoms with E-state index in [2.05, 4.69) is 11.4 Å². The lowest BCUT2D eigenvalue weighted by Crippen LogP contribution is -2.40. The SMILES string of the molecule is O=[N+]([O-])c1cc(S(=O)(=O)N2CCOCC2)ccc1NC1CCc2ccccc21. The van der Waals surface area contributed by atoms with E-state index in [1.54, 1.807) is 0 Å². The van der Waals surface area contributed by atoms with Crippen LogP contribution in [0.25, 0.3) is 0 Å². The van der Waals surface area contributed by atoms with Gasteiger partial charge in [-0.05, 0) is 36.1 Å². The Hall–Kier alpha value is -2.49. The monoisotopic (exact) mass is 403 g/mol. The third-order valence-electron chi connectivity index (χ3n) is 5.24. The molecule has 148 valence electrons. The van der Waals surface area contributed by atoms with Crippen LogP contribution in [0.15, 0.2) is 47.4 Å². The summed E-state index contributed by atoms with van der Waals surface area (Å²) in [5.74, 6) is 0. The molecule has 0 amide bonds. The number of aryl methyl sites for hydroxylation is 1. The summed E-state index contributed by atoms with van der Waals surface area (Å²) in [4.78, 5) is 11.0. The number of fused-ring (bicyclic) bond motifs is 1. The zero-order chi connectivity index (χ0) is 19.7. The van der Waals surface area contributed by atoms with Crippen LogP contribution < -0.4 is 5.32 Å². The number of benzene rings is 2. The Bertz CT molecular complexity index is 1000. The van der Waals surface area contributed by atoms with Crippen molar-refractivity contribution in [3.05, 3.63) is 63.7 Å². The van der Waals surface area contributed by atoms with Crippen LogP contribution >= 0.6 is 0 Å². The molecule has 0 bridgehead atoms. The summed E-state index contributed by atoms with van der Waals surface area (Å²) in [5, 5.41) is 14.9. The van der Waals surface area contributed by atoms with Gasteiger partial charge in [0.25, 0.3) is 5.69 Å². The van der Waals surface area contributed by atoms with Crippen LogP contribution in [0.4, 0.5) is 11.4 Å². The van der Waals surface area contributed by atoms with Crippen LogP contribution in [-0.2, 0) is 21.2 Å². The molecular formula is C19H21N3O5S. The third-order valence-corrected chi connectivity index (χ3v) is 7.13. The number of ether oxygens (including phenoxy) is 1. The number of hydrogen-bond acceptors (Lipinski definition) is 6. The van der Waals surface area contributed by atoms with Gasteiger partial charge < -0.3 is 10.1 Å². The second kappa shape index (κ2) is 7.50. The minimum absolute atomic E-state index is 0.0309. The molecule has 2 aliphatic rings. The topological polar surface area (TPSA) is 102 Å². The summed E-state index contributed by atoms with van der Waals surface area (Å²) >= 11 is 0. The smallest absolute Gasteiger partial charge is 0.293 e. The molecule has 1 N–H and O–H groups in total. The predicted molar refractivity (Wildman–Crippen MR) is 104 cm³/mol. The lowest BCUT2D eigenvalue weighted by molar-refractivity contribution is -0.384. The molecule has 0 radical (unpaired) electrons. The van der Waals surface area contributed by atoms with Crippen molar-refractivity contribution in [2.24, 2.45) is 0 Å². The van der Waals surface area contributed by atoms with Gasteiger partial charge in [0.2, 0.25) is 10.0 Å². The molecule has 1 aliphatic carbocycles. The van der Waals surface area contributed by atoms with Crippen LogP contribution in [-0.4, -0.2) is 43.9 Å². The Balaban J connectivity index is 1.64. The van der Waals surface area contributed by atoms with E-state index >= 15 is 0 Å². The maximum Gasteiger partial charge on any atom is 0.293 e. The first-order chi connectivity index (χ1) is 13.5. The van der Waals surface area contributed by atoms with E-state index in [0.717, 1.165) is 24.5 Å². The molecule has 9 heteroatoms. The molecule has 28 heavy (non-hydrogen) atoms. The molecule has 4 rings (SSSR count). The zero-order valence-electron chi connectivity index (χ0n) is 15.2. The number of nitro benzene ring substituents is 1. The first-order valence-corrected chi connectivity index (χ1v) is 10.6. The number of nitro groups is 1. The molecule has 0 saturated carbocycles. The fraction of sp³-hybridized carbons (Fsp3) is 0.368. The van der Waals surface area contributed by atoms with E-state index in [9.17, 15) is 18.5 Å². The molecule has 2 aromatic carbocycles. The highest BCUT2D eigenvalue weighted by Gasteiger charge is 2.30. The van der Waals surface area contributed by atoms with Gasteiger partial charge in [-0.1, -0.05) is 24.3 Å². The van der Waals surface area contributed by atoms with Crippen molar-refractivity contribution in [1.82, 2.24) is 4.31 Å². The Morgan fingerprint density at radius 2 is 1.89 bits per heavy atom. The summed E-state index contributed by atoms with van der Waals surface area (Å²) in [6.45, 7) is 1.13. The van der Waals surface area contributed by atoms with Gasteiger partial charge in [0.1, 0.15) is 5.69 Å². The molecule has 0 aromatic heterocycles. The van der Waals surface area contributed by atoms with E-state index in [1.165, 1.54) is 22.0 Å².